The second kappa shape index (κ2) is 9.25. The number of rotatable bonds is 6. The first-order chi connectivity index (χ1) is 11.8. The van der Waals surface area contributed by atoms with Gasteiger partial charge in [-0.3, -0.25) is 0 Å². The molecule has 2 fully saturated rings. The standard InChI is InChI=1S/C22H33ClO/c1-24-16-2-3-17-4-6-18(7-5-17)19-8-10-20(11-9-19)21-12-14-22(23)15-13-21/h12-15,17-20H,2-11,16H2,1H3. The Morgan fingerprint density at radius 1 is 0.875 bits per heavy atom. The number of methoxy groups -OCH3 is 1. The summed E-state index contributed by atoms with van der Waals surface area (Å²) in [6, 6.07) is 8.57. The molecular weight excluding hydrogens is 316 g/mol. The molecule has 2 saturated carbocycles. The Morgan fingerprint density at radius 3 is 2.04 bits per heavy atom. The summed E-state index contributed by atoms with van der Waals surface area (Å²) in [6.07, 6.45) is 14.1. The van der Waals surface area contributed by atoms with Gasteiger partial charge < -0.3 is 4.74 Å². The van der Waals surface area contributed by atoms with Crippen LogP contribution in [0.4, 0.5) is 0 Å². The van der Waals surface area contributed by atoms with E-state index in [1.165, 1.54) is 69.8 Å². The minimum atomic E-state index is 0.767. The third-order valence-corrected chi connectivity index (χ3v) is 6.88. The Labute approximate surface area is 153 Å². The number of hydrogen-bond donors (Lipinski definition) is 0. The van der Waals surface area contributed by atoms with Gasteiger partial charge in [-0.15, -0.1) is 0 Å². The molecule has 0 aliphatic heterocycles. The van der Waals surface area contributed by atoms with Crippen molar-refractivity contribution in [1.29, 1.82) is 0 Å². The molecule has 1 aromatic rings. The lowest BCUT2D eigenvalue weighted by Gasteiger charge is -2.38. The molecule has 2 aliphatic carbocycles. The van der Waals surface area contributed by atoms with Gasteiger partial charge in [0.05, 0.1) is 0 Å². The van der Waals surface area contributed by atoms with E-state index < -0.39 is 0 Å². The van der Waals surface area contributed by atoms with Gasteiger partial charge in [0.1, 0.15) is 0 Å². The van der Waals surface area contributed by atoms with Crippen LogP contribution in [-0.2, 0) is 4.74 Å². The van der Waals surface area contributed by atoms with E-state index >= 15 is 0 Å². The molecular formula is C22H33ClO. The molecule has 2 heteroatoms. The average molecular weight is 349 g/mol. The van der Waals surface area contributed by atoms with Crippen molar-refractivity contribution in [2.75, 3.05) is 13.7 Å². The highest BCUT2D eigenvalue weighted by Crippen LogP contribution is 2.44. The predicted molar refractivity (Wildman–Crippen MR) is 103 cm³/mol. The zero-order chi connectivity index (χ0) is 16.8. The summed E-state index contributed by atoms with van der Waals surface area (Å²) in [5.41, 5.74) is 1.50. The van der Waals surface area contributed by atoms with Gasteiger partial charge in [-0.05, 0) is 92.7 Å². The summed E-state index contributed by atoms with van der Waals surface area (Å²) in [6.45, 7) is 0.939. The minimum Gasteiger partial charge on any atom is -0.385 e. The second-order valence-corrected chi connectivity index (χ2v) is 8.52. The van der Waals surface area contributed by atoms with Gasteiger partial charge in [-0.2, -0.15) is 0 Å². The van der Waals surface area contributed by atoms with E-state index in [1.54, 1.807) is 0 Å². The molecule has 24 heavy (non-hydrogen) atoms. The van der Waals surface area contributed by atoms with Crippen LogP contribution < -0.4 is 0 Å². The largest absolute Gasteiger partial charge is 0.385 e. The predicted octanol–water partition coefficient (Wildman–Crippen LogP) is 6.85. The maximum absolute atomic E-state index is 6.02. The molecule has 0 spiro atoms. The smallest absolute Gasteiger partial charge is 0.0462 e. The van der Waals surface area contributed by atoms with Crippen molar-refractivity contribution in [2.45, 2.75) is 70.1 Å². The van der Waals surface area contributed by atoms with Crippen molar-refractivity contribution in [2.24, 2.45) is 17.8 Å². The number of benzene rings is 1. The van der Waals surface area contributed by atoms with Crippen LogP contribution in [0.3, 0.4) is 0 Å². The third kappa shape index (κ3) is 4.99. The Kier molecular flexibility index (Phi) is 7.04. The van der Waals surface area contributed by atoms with Crippen LogP contribution in [0.5, 0.6) is 0 Å². The summed E-state index contributed by atoms with van der Waals surface area (Å²) in [7, 11) is 1.82. The lowest BCUT2D eigenvalue weighted by molar-refractivity contribution is 0.144. The number of ether oxygens (including phenoxy) is 1. The molecule has 0 amide bonds. The van der Waals surface area contributed by atoms with Crippen LogP contribution in [0.1, 0.15) is 75.7 Å². The second-order valence-electron chi connectivity index (χ2n) is 8.08. The van der Waals surface area contributed by atoms with Crippen molar-refractivity contribution in [1.82, 2.24) is 0 Å². The zero-order valence-corrected chi connectivity index (χ0v) is 15.9. The molecule has 0 N–H and O–H groups in total. The summed E-state index contributed by atoms with van der Waals surface area (Å²) in [5.74, 6) is 3.74. The quantitative estimate of drug-likeness (QED) is 0.511. The van der Waals surface area contributed by atoms with Gasteiger partial charge in [0.2, 0.25) is 0 Å². The van der Waals surface area contributed by atoms with E-state index in [-0.39, 0.29) is 0 Å². The third-order valence-electron chi connectivity index (χ3n) is 6.63. The van der Waals surface area contributed by atoms with Crippen LogP contribution in [0.15, 0.2) is 24.3 Å². The molecule has 0 aromatic heterocycles. The first-order valence-corrected chi connectivity index (χ1v) is 10.4. The molecule has 0 saturated heterocycles. The van der Waals surface area contributed by atoms with Gasteiger partial charge >= 0.3 is 0 Å². The highest BCUT2D eigenvalue weighted by molar-refractivity contribution is 6.30. The lowest BCUT2D eigenvalue weighted by Crippen LogP contribution is -2.25. The van der Waals surface area contributed by atoms with Crippen molar-refractivity contribution in [3.63, 3.8) is 0 Å². The highest BCUT2D eigenvalue weighted by atomic mass is 35.5. The molecule has 0 bridgehead atoms. The van der Waals surface area contributed by atoms with E-state index in [1.807, 2.05) is 19.2 Å². The van der Waals surface area contributed by atoms with Gasteiger partial charge in [0.15, 0.2) is 0 Å². The van der Waals surface area contributed by atoms with Crippen molar-refractivity contribution < 1.29 is 4.74 Å². The molecule has 3 rings (SSSR count). The number of halogens is 1. The first-order valence-electron chi connectivity index (χ1n) is 10.0. The van der Waals surface area contributed by atoms with Crippen LogP contribution in [-0.4, -0.2) is 13.7 Å². The maximum Gasteiger partial charge on any atom is 0.0462 e. The fourth-order valence-electron chi connectivity index (χ4n) is 5.12. The SMILES string of the molecule is COCCCC1CCC(C2CCC(c3ccc(Cl)cc3)CC2)CC1. The lowest BCUT2D eigenvalue weighted by atomic mass is 9.68. The molecule has 0 unspecified atom stereocenters. The molecule has 0 heterocycles. The van der Waals surface area contributed by atoms with E-state index in [2.05, 4.69) is 12.1 Å². The monoisotopic (exact) mass is 348 g/mol. The molecule has 1 aromatic carbocycles. The van der Waals surface area contributed by atoms with Crippen LogP contribution in [0, 0.1) is 17.8 Å². The summed E-state index contributed by atoms with van der Waals surface area (Å²) < 4.78 is 5.19. The van der Waals surface area contributed by atoms with Crippen LogP contribution in [0.25, 0.3) is 0 Å². The Balaban J connectivity index is 1.40. The van der Waals surface area contributed by atoms with Crippen molar-refractivity contribution >= 4 is 11.6 Å². The molecule has 0 atom stereocenters. The topological polar surface area (TPSA) is 9.23 Å². The van der Waals surface area contributed by atoms with Gasteiger partial charge in [0.25, 0.3) is 0 Å². The van der Waals surface area contributed by atoms with Crippen LogP contribution >= 0.6 is 11.6 Å². The average Bonchev–Trinajstić information content (AvgIpc) is 2.63. The number of hydrogen-bond acceptors (Lipinski definition) is 1. The van der Waals surface area contributed by atoms with Crippen LogP contribution in [0.2, 0.25) is 5.02 Å². The Bertz CT molecular complexity index is 467. The van der Waals surface area contributed by atoms with Gasteiger partial charge in [0, 0.05) is 18.7 Å². The van der Waals surface area contributed by atoms with Gasteiger partial charge in [-0.25, -0.2) is 0 Å². The molecule has 134 valence electrons. The molecule has 0 radical (unpaired) electrons. The van der Waals surface area contributed by atoms with E-state index in [0.29, 0.717) is 0 Å². The summed E-state index contributed by atoms with van der Waals surface area (Å²) >= 11 is 6.02. The zero-order valence-electron chi connectivity index (χ0n) is 15.2. The molecule has 2 aliphatic rings. The van der Waals surface area contributed by atoms with Crippen molar-refractivity contribution in [3.8, 4) is 0 Å². The minimum absolute atomic E-state index is 0.767. The summed E-state index contributed by atoms with van der Waals surface area (Å²) in [4.78, 5) is 0. The Morgan fingerprint density at radius 2 is 1.46 bits per heavy atom. The first kappa shape index (κ1) is 18.3. The van der Waals surface area contributed by atoms with E-state index in [0.717, 1.165) is 35.3 Å². The van der Waals surface area contributed by atoms with E-state index in [4.69, 9.17) is 16.3 Å². The van der Waals surface area contributed by atoms with E-state index in [9.17, 15) is 0 Å². The normalized spacial score (nSPS) is 31.1. The van der Waals surface area contributed by atoms with Gasteiger partial charge in [-0.1, -0.05) is 36.6 Å². The summed E-state index contributed by atoms with van der Waals surface area (Å²) in [5, 5.41) is 0.856. The van der Waals surface area contributed by atoms with Crippen molar-refractivity contribution in [3.05, 3.63) is 34.9 Å². The highest BCUT2D eigenvalue weighted by Gasteiger charge is 2.31. The molecule has 1 nitrogen and oxygen atoms in total. The fourth-order valence-corrected chi connectivity index (χ4v) is 5.25. The fraction of sp³-hybridized carbons (Fsp3) is 0.727. The Hall–Kier alpha value is -0.530. The maximum atomic E-state index is 6.02.